The maximum atomic E-state index is 12.9. The molecule has 0 aromatic carbocycles. The number of rotatable bonds is 3. The number of alkyl halides is 11. The Morgan fingerprint density at radius 2 is 0.905 bits per heavy atom. The second-order valence-electron chi connectivity index (χ2n) is 3.29. The summed E-state index contributed by atoms with van der Waals surface area (Å²) in [5, 5.41) is 0. The third kappa shape index (κ3) is 3.33. The molecule has 0 amide bonds. The quantitative estimate of drug-likeness (QED) is 0.626. The molecule has 0 saturated heterocycles. The Morgan fingerprint density at radius 1 is 0.571 bits per heavy atom. The predicted molar refractivity (Wildman–Crippen MR) is 38.6 cm³/mol. The van der Waals surface area contributed by atoms with E-state index in [2.05, 4.69) is 0 Å². The minimum Gasteiger partial charge on any atom is -0.269 e. The molecular formula is C7H2F14. The Balaban J connectivity index is 0. The molecule has 0 nitrogen and oxygen atoms in total. The van der Waals surface area contributed by atoms with Crippen LogP contribution < -0.4 is 0 Å². The molecule has 0 aromatic rings. The van der Waals surface area contributed by atoms with E-state index in [1.807, 2.05) is 0 Å². The van der Waals surface area contributed by atoms with Crippen LogP contribution in [0.1, 0.15) is 0 Å². The Hall–Kier alpha value is -1.24. The number of halogens is 14. The fourth-order valence-corrected chi connectivity index (χ4v) is 0.907. The first-order chi connectivity index (χ1) is 8.42. The molecule has 0 spiro atoms. The normalized spacial score (nSPS) is 16.8. The monoisotopic (exact) mass is 352 g/mol. The van der Waals surface area contributed by atoms with Gasteiger partial charge in [0.2, 0.25) is 0 Å². The third-order valence-corrected chi connectivity index (χ3v) is 1.93. The number of hydrogen-bond donors (Lipinski definition) is 0. The first-order valence-corrected chi connectivity index (χ1v) is 4.03. The summed E-state index contributed by atoms with van der Waals surface area (Å²) >= 11 is 0. The largest absolute Gasteiger partial charge is 0.460 e. The van der Waals surface area contributed by atoms with Gasteiger partial charge < -0.3 is 0 Å². The van der Waals surface area contributed by atoms with Gasteiger partial charge in [-0.1, -0.05) is 0 Å². The zero-order chi connectivity index (χ0) is 16.8. The van der Waals surface area contributed by atoms with Gasteiger partial charge in [0.25, 0.3) is 11.7 Å². The Kier molecular flexibility index (Phi) is 5.79. The standard InChI is InChI=1S/C7HF13.FH/c8-2(9)1-3(10,6(15,16)17)4(11,12)5(13,14)7(18,19)20;/h1H;1H. The molecular weight excluding hydrogens is 350 g/mol. The van der Waals surface area contributed by atoms with Crippen molar-refractivity contribution in [3.8, 4) is 0 Å². The van der Waals surface area contributed by atoms with Crippen molar-refractivity contribution in [1.82, 2.24) is 0 Å². The van der Waals surface area contributed by atoms with Gasteiger partial charge in [0.05, 0.1) is 0 Å². The average Bonchev–Trinajstić information content (AvgIpc) is 2.11. The summed E-state index contributed by atoms with van der Waals surface area (Å²) in [6, 6.07) is 0. The van der Waals surface area contributed by atoms with E-state index < -0.39 is 42.0 Å². The van der Waals surface area contributed by atoms with Gasteiger partial charge in [-0.3, -0.25) is 4.70 Å². The highest BCUT2D eigenvalue weighted by Gasteiger charge is 2.86. The van der Waals surface area contributed by atoms with Crippen molar-refractivity contribution >= 4 is 0 Å². The Labute approximate surface area is 105 Å². The SMILES string of the molecule is F.FC(F)=CC(F)(C(F)(F)F)C(F)(F)C(F)(F)C(F)(F)F. The average molecular weight is 352 g/mol. The van der Waals surface area contributed by atoms with Crippen LogP contribution in [0.3, 0.4) is 0 Å². The molecule has 0 heterocycles. The molecule has 0 aliphatic heterocycles. The van der Waals surface area contributed by atoms with Gasteiger partial charge in [-0.25, -0.2) is 4.39 Å². The molecule has 0 radical (unpaired) electrons. The molecule has 0 aliphatic rings. The topological polar surface area (TPSA) is 0 Å². The Morgan fingerprint density at radius 3 is 1.10 bits per heavy atom. The lowest BCUT2D eigenvalue weighted by molar-refractivity contribution is -0.402. The van der Waals surface area contributed by atoms with E-state index in [-0.39, 0.29) is 4.70 Å². The van der Waals surface area contributed by atoms with Gasteiger partial charge in [0.15, 0.2) is 0 Å². The number of allylic oxidation sites excluding steroid dienone is 1. The second-order valence-corrected chi connectivity index (χ2v) is 3.29. The minimum atomic E-state index is -7.56. The second kappa shape index (κ2) is 5.51. The summed E-state index contributed by atoms with van der Waals surface area (Å²) in [6.45, 7) is 0. The zero-order valence-electron chi connectivity index (χ0n) is 8.90. The van der Waals surface area contributed by atoms with Crippen LogP contribution in [0.4, 0.5) is 61.8 Å². The highest BCUT2D eigenvalue weighted by atomic mass is 19.4. The lowest BCUT2D eigenvalue weighted by Crippen LogP contribution is -2.66. The van der Waals surface area contributed by atoms with E-state index in [4.69, 9.17) is 0 Å². The third-order valence-electron chi connectivity index (χ3n) is 1.93. The van der Waals surface area contributed by atoms with Crippen LogP contribution in [0, 0.1) is 0 Å². The first kappa shape index (κ1) is 22.0. The van der Waals surface area contributed by atoms with E-state index in [1.165, 1.54) is 0 Å². The van der Waals surface area contributed by atoms with E-state index in [1.54, 1.807) is 0 Å². The van der Waals surface area contributed by atoms with Crippen molar-refractivity contribution in [2.45, 2.75) is 29.9 Å². The maximum Gasteiger partial charge on any atom is 0.460 e. The summed E-state index contributed by atoms with van der Waals surface area (Å²) in [7, 11) is 0. The summed E-state index contributed by atoms with van der Waals surface area (Å²) in [4.78, 5) is 0. The molecule has 0 saturated carbocycles. The lowest BCUT2D eigenvalue weighted by atomic mass is 9.91. The van der Waals surface area contributed by atoms with Crippen LogP contribution >= 0.6 is 0 Å². The van der Waals surface area contributed by atoms with Crippen LogP contribution in [-0.2, 0) is 0 Å². The molecule has 1 atom stereocenters. The van der Waals surface area contributed by atoms with E-state index in [0.29, 0.717) is 0 Å². The number of hydrogen-bond acceptors (Lipinski definition) is 0. The summed E-state index contributed by atoms with van der Waals surface area (Å²) in [5.74, 6) is -15.1. The van der Waals surface area contributed by atoms with Gasteiger partial charge in [-0.05, 0) is 0 Å². The summed E-state index contributed by atoms with van der Waals surface area (Å²) < 4.78 is 157. The minimum absolute atomic E-state index is 0. The molecule has 0 aromatic heterocycles. The van der Waals surface area contributed by atoms with E-state index >= 15 is 0 Å². The first-order valence-electron chi connectivity index (χ1n) is 4.03. The van der Waals surface area contributed by atoms with Crippen LogP contribution in [0.5, 0.6) is 0 Å². The molecule has 128 valence electrons. The highest BCUT2D eigenvalue weighted by Crippen LogP contribution is 2.57. The van der Waals surface area contributed by atoms with E-state index in [9.17, 15) is 57.1 Å². The zero-order valence-corrected chi connectivity index (χ0v) is 8.90. The van der Waals surface area contributed by atoms with Gasteiger partial charge in [-0.15, -0.1) is 0 Å². The van der Waals surface area contributed by atoms with Crippen molar-refractivity contribution in [2.24, 2.45) is 0 Å². The van der Waals surface area contributed by atoms with E-state index in [0.717, 1.165) is 0 Å². The molecule has 1 unspecified atom stereocenters. The Bertz CT molecular complexity index is 381. The van der Waals surface area contributed by atoms with Gasteiger partial charge in [0, 0.05) is 6.08 Å². The lowest BCUT2D eigenvalue weighted by Gasteiger charge is -2.37. The predicted octanol–water partition coefficient (Wildman–Crippen LogP) is 5.02. The fraction of sp³-hybridized carbons (Fsp3) is 0.714. The van der Waals surface area contributed by atoms with Gasteiger partial charge in [0.1, 0.15) is 0 Å². The van der Waals surface area contributed by atoms with Crippen LogP contribution in [-0.4, -0.2) is 29.9 Å². The molecule has 14 heteroatoms. The molecule has 0 bridgehead atoms. The van der Waals surface area contributed by atoms with Crippen molar-refractivity contribution in [1.29, 1.82) is 0 Å². The van der Waals surface area contributed by atoms with Crippen molar-refractivity contribution in [3.63, 3.8) is 0 Å². The smallest absolute Gasteiger partial charge is 0.269 e. The molecule has 0 N–H and O–H groups in total. The van der Waals surface area contributed by atoms with Crippen molar-refractivity contribution in [3.05, 3.63) is 12.2 Å². The van der Waals surface area contributed by atoms with Crippen molar-refractivity contribution < 1.29 is 61.8 Å². The van der Waals surface area contributed by atoms with Crippen molar-refractivity contribution in [2.75, 3.05) is 0 Å². The van der Waals surface area contributed by atoms with Crippen LogP contribution in [0.15, 0.2) is 12.2 Å². The molecule has 0 fully saturated rings. The molecule has 21 heavy (non-hydrogen) atoms. The summed E-state index contributed by atoms with van der Waals surface area (Å²) in [6.07, 6.45) is -20.7. The van der Waals surface area contributed by atoms with Gasteiger partial charge >= 0.3 is 24.2 Å². The van der Waals surface area contributed by atoms with Crippen LogP contribution in [0.2, 0.25) is 0 Å². The van der Waals surface area contributed by atoms with Gasteiger partial charge in [-0.2, -0.15) is 52.7 Å². The maximum absolute atomic E-state index is 12.9. The highest BCUT2D eigenvalue weighted by molar-refractivity contribution is 5.19. The fourth-order valence-electron chi connectivity index (χ4n) is 0.907. The summed E-state index contributed by atoms with van der Waals surface area (Å²) in [5.41, 5.74) is -6.92. The molecule has 0 aliphatic carbocycles. The molecule has 0 rings (SSSR count). The van der Waals surface area contributed by atoms with Crippen LogP contribution in [0.25, 0.3) is 0 Å².